The van der Waals surface area contributed by atoms with Gasteiger partial charge in [-0.1, -0.05) is 11.4 Å². The zero-order valence-corrected chi connectivity index (χ0v) is 11.3. The van der Waals surface area contributed by atoms with Crippen LogP contribution in [0.2, 0.25) is 0 Å². The summed E-state index contributed by atoms with van der Waals surface area (Å²) in [5, 5.41) is 3.89. The summed E-state index contributed by atoms with van der Waals surface area (Å²) in [7, 11) is 0. The third-order valence-electron chi connectivity index (χ3n) is 2.82. The molecule has 0 fully saturated rings. The first-order valence-corrected chi connectivity index (χ1v) is 6.54. The minimum Gasteiger partial charge on any atom is -0.271 e. The first kappa shape index (κ1) is 14.8. The van der Waals surface area contributed by atoms with Crippen LogP contribution in [0.3, 0.4) is 0 Å². The lowest BCUT2D eigenvalue weighted by molar-refractivity contribution is -0.138. The fourth-order valence-corrected chi connectivity index (χ4v) is 2.70. The van der Waals surface area contributed by atoms with Crippen LogP contribution in [0.4, 0.5) is 13.2 Å². The SMILES string of the molecule is CCc1nnsc1C(NN)c1cnccc1C(F)(F)F. The number of halogens is 3. The van der Waals surface area contributed by atoms with Crippen LogP contribution in [0.5, 0.6) is 0 Å². The number of alkyl halides is 3. The molecule has 0 aromatic carbocycles. The van der Waals surface area contributed by atoms with Gasteiger partial charge in [-0.3, -0.25) is 10.8 Å². The van der Waals surface area contributed by atoms with Crippen LogP contribution in [-0.2, 0) is 12.6 Å². The third-order valence-corrected chi connectivity index (χ3v) is 3.65. The smallest absolute Gasteiger partial charge is 0.271 e. The second-order valence-electron chi connectivity index (χ2n) is 4.00. The van der Waals surface area contributed by atoms with Crippen molar-refractivity contribution in [3.05, 3.63) is 40.2 Å². The molecule has 0 saturated carbocycles. The molecule has 0 bridgehead atoms. The number of rotatable bonds is 4. The molecule has 20 heavy (non-hydrogen) atoms. The predicted molar refractivity (Wildman–Crippen MR) is 67.7 cm³/mol. The monoisotopic (exact) mass is 303 g/mol. The van der Waals surface area contributed by atoms with Gasteiger partial charge in [0.2, 0.25) is 0 Å². The number of pyridine rings is 1. The molecular weight excluding hydrogens is 291 g/mol. The Hall–Kier alpha value is -1.58. The van der Waals surface area contributed by atoms with Crippen LogP contribution in [0.1, 0.15) is 34.7 Å². The maximum atomic E-state index is 13.0. The van der Waals surface area contributed by atoms with Crippen molar-refractivity contribution in [2.45, 2.75) is 25.6 Å². The highest BCUT2D eigenvalue weighted by Crippen LogP contribution is 2.37. The normalized spacial score (nSPS) is 13.4. The van der Waals surface area contributed by atoms with Gasteiger partial charge >= 0.3 is 6.18 Å². The molecule has 0 aliphatic heterocycles. The second kappa shape index (κ2) is 5.81. The Labute approximate surface area is 117 Å². The number of hydrogen-bond donors (Lipinski definition) is 2. The number of aromatic nitrogens is 3. The molecule has 1 atom stereocenters. The van der Waals surface area contributed by atoms with E-state index in [1.165, 1.54) is 0 Å². The summed E-state index contributed by atoms with van der Waals surface area (Å²) in [6.07, 6.45) is -1.65. The molecule has 9 heteroatoms. The lowest BCUT2D eigenvalue weighted by Crippen LogP contribution is -2.30. The number of hydrazine groups is 1. The average molecular weight is 303 g/mol. The molecule has 0 amide bonds. The molecule has 108 valence electrons. The van der Waals surface area contributed by atoms with E-state index in [2.05, 4.69) is 20.0 Å². The van der Waals surface area contributed by atoms with E-state index in [4.69, 9.17) is 5.84 Å². The molecule has 1 unspecified atom stereocenters. The Morgan fingerprint density at radius 3 is 2.80 bits per heavy atom. The molecule has 0 spiro atoms. The van der Waals surface area contributed by atoms with Crippen molar-refractivity contribution in [3.8, 4) is 0 Å². The van der Waals surface area contributed by atoms with Gasteiger partial charge in [0.25, 0.3) is 0 Å². The molecule has 5 nitrogen and oxygen atoms in total. The van der Waals surface area contributed by atoms with Crippen LogP contribution in [0, 0.1) is 0 Å². The highest BCUT2D eigenvalue weighted by Gasteiger charge is 2.36. The summed E-state index contributed by atoms with van der Waals surface area (Å²) >= 11 is 1.02. The number of nitrogens with zero attached hydrogens (tertiary/aromatic N) is 3. The summed E-state index contributed by atoms with van der Waals surface area (Å²) in [5.74, 6) is 5.44. The predicted octanol–water partition coefficient (Wildman–Crippen LogP) is 2.07. The third kappa shape index (κ3) is 2.79. The standard InChI is InChI=1S/C11H12F3N5S/c1-2-8-10(20-19-18-8)9(17-15)6-5-16-4-3-7(6)11(12,13)14/h3-5,9,17H,2,15H2,1H3. The fourth-order valence-electron chi connectivity index (χ4n) is 1.88. The second-order valence-corrected chi connectivity index (χ2v) is 4.78. The lowest BCUT2D eigenvalue weighted by atomic mass is 10.0. The van der Waals surface area contributed by atoms with E-state index in [1.54, 1.807) is 0 Å². The van der Waals surface area contributed by atoms with Gasteiger partial charge in [0, 0.05) is 18.0 Å². The van der Waals surface area contributed by atoms with E-state index in [9.17, 15) is 13.2 Å². The maximum Gasteiger partial charge on any atom is 0.416 e. The van der Waals surface area contributed by atoms with Crippen molar-refractivity contribution >= 4 is 11.5 Å². The van der Waals surface area contributed by atoms with Gasteiger partial charge in [0.1, 0.15) is 0 Å². The van der Waals surface area contributed by atoms with E-state index in [0.29, 0.717) is 17.0 Å². The van der Waals surface area contributed by atoms with Crippen molar-refractivity contribution < 1.29 is 13.2 Å². The topological polar surface area (TPSA) is 76.7 Å². The zero-order chi connectivity index (χ0) is 14.8. The van der Waals surface area contributed by atoms with Gasteiger partial charge in [-0.2, -0.15) is 13.2 Å². The Morgan fingerprint density at radius 2 is 2.20 bits per heavy atom. The Balaban J connectivity index is 2.53. The Morgan fingerprint density at radius 1 is 1.45 bits per heavy atom. The first-order valence-electron chi connectivity index (χ1n) is 5.77. The molecule has 3 N–H and O–H groups in total. The van der Waals surface area contributed by atoms with Crippen molar-refractivity contribution in [1.29, 1.82) is 0 Å². The molecule has 2 rings (SSSR count). The number of hydrogen-bond acceptors (Lipinski definition) is 6. The van der Waals surface area contributed by atoms with Crippen LogP contribution in [0.25, 0.3) is 0 Å². The molecule has 2 aromatic heterocycles. The number of nitrogens with two attached hydrogens (primary N) is 1. The molecule has 0 radical (unpaired) electrons. The maximum absolute atomic E-state index is 13.0. The summed E-state index contributed by atoms with van der Waals surface area (Å²) in [4.78, 5) is 4.32. The van der Waals surface area contributed by atoms with Crippen LogP contribution < -0.4 is 11.3 Å². The van der Waals surface area contributed by atoms with Crippen LogP contribution in [0.15, 0.2) is 18.5 Å². The molecule has 0 aliphatic rings. The number of nitrogens with one attached hydrogen (secondary N) is 1. The summed E-state index contributed by atoms with van der Waals surface area (Å²) in [5.41, 5.74) is 2.21. The zero-order valence-electron chi connectivity index (χ0n) is 10.5. The summed E-state index contributed by atoms with van der Waals surface area (Å²) < 4.78 is 42.9. The van der Waals surface area contributed by atoms with Gasteiger partial charge in [0.15, 0.2) is 0 Å². The largest absolute Gasteiger partial charge is 0.416 e. The van der Waals surface area contributed by atoms with Crippen molar-refractivity contribution in [3.63, 3.8) is 0 Å². The quantitative estimate of drug-likeness (QED) is 0.668. The Kier molecular flexibility index (Phi) is 4.31. The summed E-state index contributed by atoms with van der Waals surface area (Å²) in [6, 6.07) is 0.0926. The number of aryl methyl sites for hydroxylation is 1. The van der Waals surface area contributed by atoms with E-state index >= 15 is 0 Å². The van der Waals surface area contributed by atoms with Gasteiger partial charge in [-0.05, 0) is 24.0 Å². The summed E-state index contributed by atoms with van der Waals surface area (Å²) in [6.45, 7) is 1.85. The average Bonchev–Trinajstić information content (AvgIpc) is 2.87. The van der Waals surface area contributed by atoms with E-state index in [1.807, 2.05) is 6.92 Å². The molecule has 2 heterocycles. The van der Waals surface area contributed by atoms with E-state index in [-0.39, 0.29) is 5.56 Å². The van der Waals surface area contributed by atoms with Gasteiger partial charge in [-0.25, -0.2) is 5.43 Å². The van der Waals surface area contributed by atoms with Crippen molar-refractivity contribution in [1.82, 2.24) is 20.0 Å². The minimum atomic E-state index is -4.47. The highest BCUT2D eigenvalue weighted by molar-refractivity contribution is 7.05. The van der Waals surface area contributed by atoms with Crippen LogP contribution >= 0.6 is 11.5 Å². The van der Waals surface area contributed by atoms with Crippen molar-refractivity contribution in [2.24, 2.45) is 5.84 Å². The van der Waals surface area contributed by atoms with Crippen molar-refractivity contribution in [2.75, 3.05) is 0 Å². The highest BCUT2D eigenvalue weighted by atomic mass is 32.1. The fraction of sp³-hybridized carbons (Fsp3) is 0.364. The van der Waals surface area contributed by atoms with E-state index in [0.717, 1.165) is 30.0 Å². The van der Waals surface area contributed by atoms with Crippen LogP contribution in [-0.4, -0.2) is 14.6 Å². The first-order chi connectivity index (χ1) is 9.49. The molecule has 0 aliphatic carbocycles. The van der Waals surface area contributed by atoms with E-state index < -0.39 is 17.8 Å². The van der Waals surface area contributed by atoms with Gasteiger partial charge < -0.3 is 0 Å². The van der Waals surface area contributed by atoms with Gasteiger partial charge in [-0.15, -0.1) is 5.10 Å². The van der Waals surface area contributed by atoms with Gasteiger partial charge in [0.05, 0.1) is 22.2 Å². The Bertz CT molecular complexity index is 583. The molecular formula is C11H12F3N5S. The molecule has 0 saturated heterocycles. The molecule has 2 aromatic rings. The minimum absolute atomic E-state index is 0.0387. The lowest BCUT2D eigenvalue weighted by Gasteiger charge is -2.19.